The molecular weight excluding hydrogens is 320 g/mol. The van der Waals surface area contributed by atoms with Gasteiger partial charge in [-0.1, -0.05) is 12.1 Å². The number of carbonyl (C=O) groups excluding carboxylic acids is 1. The molecule has 1 atom stereocenters. The predicted octanol–water partition coefficient (Wildman–Crippen LogP) is 2.58. The zero-order chi connectivity index (χ0) is 15.3. The zero-order valence-corrected chi connectivity index (χ0v) is 14.1. The number of ether oxygens (including phenoxy) is 1. The van der Waals surface area contributed by atoms with E-state index in [1.165, 1.54) is 0 Å². The molecule has 0 aliphatic heterocycles. The van der Waals surface area contributed by atoms with E-state index in [2.05, 4.69) is 15.9 Å². The minimum absolute atomic E-state index is 0.0310. The lowest BCUT2D eigenvalue weighted by Crippen LogP contribution is -2.36. The van der Waals surface area contributed by atoms with E-state index >= 15 is 0 Å². The average molecular weight is 343 g/mol. The molecule has 0 aliphatic rings. The van der Waals surface area contributed by atoms with E-state index in [9.17, 15) is 4.79 Å². The van der Waals surface area contributed by atoms with Crippen molar-refractivity contribution in [2.24, 2.45) is 5.73 Å². The maximum atomic E-state index is 12.0. The molecule has 0 aliphatic carbocycles. The largest absolute Gasteiger partial charge is 0.482 e. The number of likely N-dealkylation sites (N-methyl/N-ethyl adjacent to an activating group) is 1. The monoisotopic (exact) mass is 342 g/mol. The molecule has 0 heterocycles. The van der Waals surface area contributed by atoms with Crippen molar-refractivity contribution in [1.29, 1.82) is 0 Å². The average Bonchev–Trinajstić information content (AvgIpc) is 2.36. The van der Waals surface area contributed by atoms with Crippen LogP contribution in [0.4, 0.5) is 0 Å². The normalized spacial score (nSPS) is 12.3. The van der Waals surface area contributed by atoms with Crippen LogP contribution < -0.4 is 10.5 Å². The van der Waals surface area contributed by atoms with Gasteiger partial charge in [-0.15, -0.1) is 0 Å². The maximum Gasteiger partial charge on any atom is 0.260 e. The van der Waals surface area contributed by atoms with Crippen molar-refractivity contribution >= 4 is 21.8 Å². The van der Waals surface area contributed by atoms with Gasteiger partial charge in [0.2, 0.25) is 0 Å². The smallest absolute Gasteiger partial charge is 0.260 e. The van der Waals surface area contributed by atoms with E-state index in [1.54, 1.807) is 11.9 Å². The predicted molar refractivity (Wildman–Crippen MR) is 84.9 cm³/mol. The van der Waals surface area contributed by atoms with Crippen molar-refractivity contribution in [1.82, 2.24) is 4.90 Å². The molecule has 0 radical (unpaired) electrons. The summed E-state index contributed by atoms with van der Waals surface area (Å²) in [7, 11) is 1.78. The molecule has 0 saturated carbocycles. The van der Waals surface area contributed by atoms with Gasteiger partial charge in [0, 0.05) is 19.1 Å². The molecular formula is C15H23BrN2O2. The number of rotatable bonds is 6. The van der Waals surface area contributed by atoms with Gasteiger partial charge in [-0.2, -0.15) is 0 Å². The van der Waals surface area contributed by atoms with Gasteiger partial charge in [0.05, 0.1) is 4.47 Å². The summed E-state index contributed by atoms with van der Waals surface area (Å²) in [5, 5.41) is 0. The standard InChI is InChI=1S/C15H23BrN2O2/c1-10(2)18(4)14(19)9-20-15-12(8-11(3)17)6-5-7-13(15)16/h5-7,10-11H,8-9,17H2,1-4H3. The Balaban J connectivity index is 2.79. The molecule has 20 heavy (non-hydrogen) atoms. The van der Waals surface area contributed by atoms with Gasteiger partial charge in [-0.05, 0) is 54.8 Å². The maximum absolute atomic E-state index is 12.0. The number of benzene rings is 1. The molecule has 4 nitrogen and oxygen atoms in total. The first kappa shape index (κ1) is 17.0. The third-order valence-electron chi connectivity index (χ3n) is 3.10. The number of nitrogens with zero attached hydrogens (tertiary/aromatic N) is 1. The van der Waals surface area contributed by atoms with Crippen LogP contribution in [0.15, 0.2) is 22.7 Å². The zero-order valence-electron chi connectivity index (χ0n) is 12.5. The fourth-order valence-electron chi connectivity index (χ4n) is 1.75. The summed E-state index contributed by atoms with van der Waals surface area (Å²) < 4.78 is 6.55. The summed E-state index contributed by atoms with van der Waals surface area (Å²) in [6, 6.07) is 6.02. The molecule has 1 aromatic rings. The Labute approximate surface area is 129 Å². The van der Waals surface area contributed by atoms with Crippen molar-refractivity contribution in [2.75, 3.05) is 13.7 Å². The molecule has 1 aromatic carbocycles. The van der Waals surface area contributed by atoms with Crippen LogP contribution >= 0.6 is 15.9 Å². The van der Waals surface area contributed by atoms with Crippen LogP contribution in [0.5, 0.6) is 5.75 Å². The molecule has 1 rings (SSSR count). The molecule has 2 N–H and O–H groups in total. The van der Waals surface area contributed by atoms with Crippen LogP contribution in [-0.2, 0) is 11.2 Å². The van der Waals surface area contributed by atoms with E-state index in [0.29, 0.717) is 12.2 Å². The van der Waals surface area contributed by atoms with E-state index in [-0.39, 0.29) is 24.6 Å². The number of halogens is 1. The lowest BCUT2D eigenvalue weighted by atomic mass is 10.1. The minimum Gasteiger partial charge on any atom is -0.482 e. The Kier molecular flexibility index (Phi) is 6.49. The molecule has 0 spiro atoms. The number of nitrogens with two attached hydrogens (primary N) is 1. The van der Waals surface area contributed by atoms with Crippen LogP contribution in [0.3, 0.4) is 0 Å². The summed E-state index contributed by atoms with van der Waals surface area (Å²) in [6.07, 6.45) is 0.711. The molecule has 0 saturated heterocycles. The summed E-state index contributed by atoms with van der Waals surface area (Å²) in [4.78, 5) is 13.6. The fourth-order valence-corrected chi connectivity index (χ4v) is 2.27. The number of amides is 1. The second-order valence-electron chi connectivity index (χ2n) is 5.30. The molecule has 112 valence electrons. The van der Waals surface area contributed by atoms with Gasteiger partial charge in [-0.3, -0.25) is 4.79 Å². The first-order valence-corrected chi connectivity index (χ1v) is 7.53. The molecule has 0 bridgehead atoms. The van der Waals surface area contributed by atoms with Gasteiger partial charge in [0.1, 0.15) is 5.75 Å². The number of para-hydroxylation sites is 1. The molecule has 1 amide bonds. The van der Waals surface area contributed by atoms with Gasteiger partial charge in [0.15, 0.2) is 6.61 Å². The lowest BCUT2D eigenvalue weighted by Gasteiger charge is -2.22. The summed E-state index contributed by atoms with van der Waals surface area (Å²) in [5.41, 5.74) is 6.85. The van der Waals surface area contributed by atoms with E-state index in [1.807, 2.05) is 39.0 Å². The highest BCUT2D eigenvalue weighted by Crippen LogP contribution is 2.29. The van der Waals surface area contributed by atoms with Gasteiger partial charge >= 0.3 is 0 Å². The molecule has 0 aromatic heterocycles. The summed E-state index contributed by atoms with van der Waals surface area (Å²) in [5.74, 6) is 0.665. The fraction of sp³-hybridized carbons (Fsp3) is 0.533. The molecule has 5 heteroatoms. The van der Waals surface area contributed by atoms with Gasteiger partial charge in [0.25, 0.3) is 5.91 Å². The first-order valence-electron chi connectivity index (χ1n) is 6.74. The van der Waals surface area contributed by atoms with Gasteiger partial charge < -0.3 is 15.4 Å². The third kappa shape index (κ3) is 4.80. The third-order valence-corrected chi connectivity index (χ3v) is 3.72. The topological polar surface area (TPSA) is 55.6 Å². The second kappa shape index (κ2) is 7.64. The SMILES string of the molecule is CC(N)Cc1cccc(Br)c1OCC(=O)N(C)C(C)C. The highest BCUT2D eigenvalue weighted by Gasteiger charge is 2.15. The van der Waals surface area contributed by atoms with Gasteiger partial charge in [-0.25, -0.2) is 0 Å². The number of hydrogen-bond donors (Lipinski definition) is 1. The van der Waals surface area contributed by atoms with E-state index < -0.39 is 0 Å². The highest BCUT2D eigenvalue weighted by atomic mass is 79.9. The summed E-state index contributed by atoms with van der Waals surface area (Å²) in [6.45, 7) is 5.92. The Hall–Kier alpha value is -1.07. The number of carbonyl (C=O) groups is 1. The molecule has 1 unspecified atom stereocenters. The van der Waals surface area contributed by atoms with Crippen molar-refractivity contribution < 1.29 is 9.53 Å². The van der Waals surface area contributed by atoms with Crippen molar-refractivity contribution in [2.45, 2.75) is 39.3 Å². The van der Waals surface area contributed by atoms with Crippen LogP contribution in [-0.4, -0.2) is 36.5 Å². The van der Waals surface area contributed by atoms with Crippen molar-refractivity contribution in [3.8, 4) is 5.75 Å². The Morgan fingerprint density at radius 1 is 1.40 bits per heavy atom. The molecule has 0 fully saturated rings. The van der Waals surface area contributed by atoms with Crippen LogP contribution in [0, 0.1) is 0 Å². The van der Waals surface area contributed by atoms with Crippen molar-refractivity contribution in [3.05, 3.63) is 28.2 Å². The quantitative estimate of drug-likeness (QED) is 0.864. The van der Waals surface area contributed by atoms with E-state index in [4.69, 9.17) is 10.5 Å². The highest BCUT2D eigenvalue weighted by molar-refractivity contribution is 9.10. The van der Waals surface area contributed by atoms with Crippen LogP contribution in [0.1, 0.15) is 26.3 Å². The Morgan fingerprint density at radius 3 is 2.60 bits per heavy atom. The van der Waals surface area contributed by atoms with E-state index in [0.717, 1.165) is 10.0 Å². The first-order chi connectivity index (χ1) is 9.32. The second-order valence-corrected chi connectivity index (χ2v) is 6.15. The van der Waals surface area contributed by atoms with Crippen molar-refractivity contribution in [3.63, 3.8) is 0 Å². The van der Waals surface area contributed by atoms with Crippen LogP contribution in [0.25, 0.3) is 0 Å². The number of hydrogen-bond acceptors (Lipinski definition) is 3. The Morgan fingerprint density at radius 2 is 2.05 bits per heavy atom. The Bertz CT molecular complexity index is 461. The van der Waals surface area contributed by atoms with Crippen LogP contribution in [0.2, 0.25) is 0 Å². The summed E-state index contributed by atoms with van der Waals surface area (Å²) >= 11 is 3.46. The minimum atomic E-state index is -0.0394. The lowest BCUT2D eigenvalue weighted by molar-refractivity contribution is -0.133.